The Labute approximate surface area is 151 Å². The Morgan fingerprint density at radius 3 is 2.85 bits per heavy atom. The average molecular weight is 358 g/mol. The first-order chi connectivity index (χ1) is 12.4. The molecule has 2 heterocycles. The molecule has 0 aliphatic carbocycles. The van der Waals surface area contributed by atoms with Crippen LogP contribution in [0, 0.1) is 0 Å². The molecule has 1 aromatic carbocycles. The molecule has 0 bridgehead atoms. The van der Waals surface area contributed by atoms with Crippen molar-refractivity contribution < 1.29 is 19.1 Å². The lowest BCUT2D eigenvalue weighted by Gasteiger charge is -2.25. The minimum atomic E-state index is -0.564. The molecule has 0 fully saturated rings. The third-order valence-corrected chi connectivity index (χ3v) is 4.30. The number of anilines is 1. The van der Waals surface area contributed by atoms with Crippen molar-refractivity contribution in [1.82, 2.24) is 9.78 Å². The highest BCUT2D eigenvalue weighted by Gasteiger charge is 2.31. The van der Waals surface area contributed by atoms with Gasteiger partial charge in [0, 0.05) is 23.9 Å². The summed E-state index contributed by atoms with van der Waals surface area (Å²) in [6.45, 7) is 3.79. The Bertz CT molecular complexity index is 844. The van der Waals surface area contributed by atoms with Crippen LogP contribution in [-0.2, 0) is 9.59 Å². The van der Waals surface area contributed by atoms with Crippen LogP contribution >= 0.6 is 0 Å². The Balaban J connectivity index is 1.97. The van der Waals surface area contributed by atoms with Gasteiger partial charge in [-0.2, -0.15) is 5.10 Å². The van der Waals surface area contributed by atoms with Crippen LogP contribution in [0.15, 0.2) is 24.4 Å². The van der Waals surface area contributed by atoms with Gasteiger partial charge in [0.15, 0.2) is 18.1 Å². The van der Waals surface area contributed by atoms with Crippen LogP contribution in [0.2, 0.25) is 0 Å². The molecule has 1 aliphatic heterocycles. The van der Waals surface area contributed by atoms with E-state index in [-0.39, 0.29) is 24.5 Å². The Morgan fingerprint density at radius 2 is 2.19 bits per heavy atom. The van der Waals surface area contributed by atoms with E-state index in [1.54, 1.807) is 16.9 Å². The fourth-order valence-electron chi connectivity index (χ4n) is 3.10. The number of benzene rings is 1. The number of fused-ring (bicyclic) bond motifs is 1. The van der Waals surface area contributed by atoms with Gasteiger partial charge in [0.2, 0.25) is 5.91 Å². The molecule has 1 aliphatic rings. The van der Waals surface area contributed by atoms with E-state index in [1.807, 2.05) is 26.0 Å². The number of nitrogens with two attached hydrogens (primary N) is 1. The number of hydrogen-bond acceptors (Lipinski definition) is 5. The zero-order valence-electron chi connectivity index (χ0n) is 15.0. The van der Waals surface area contributed by atoms with E-state index in [0.717, 1.165) is 16.9 Å². The van der Waals surface area contributed by atoms with Crippen LogP contribution in [-0.4, -0.2) is 35.3 Å². The third kappa shape index (κ3) is 3.35. The molecule has 2 aromatic rings. The number of rotatable bonds is 6. The summed E-state index contributed by atoms with van der Waals surface area (Å²) in [7, 11) is 1.52. The first-order valence-corrected chi connectivity index (χ1v) is 8.37. The van der Waals surface area contributed by atoms with E-state index < -0.39 is 5.91 Å². The van der Waals surface area contributed by atoms with Crippen LogP contribution in [0.4, 0.5) is 5.82 Å². The molecule has 26 heavy (non-hydrogen) atoms. The first kappa shape index (κ1) is 17.8. The Morgan fingerprint density at radius 1 is 1.42 bits per heavy atom. The van der Waals surface area contributed by atoms with Crippen LogP contribution < -0.4 is 20.5 Å². The predicted octanol–water partition coefficient (Wildman–Crippen LogP) is 1.81. The molecular weight excluding hydrogens is 336 g/mol. The van der Waals surface area contributed by atoms with E-state index in [2.05, 4.69) is 10.4 Å². The van der Waals surface area contributed by atoms with E-state index >= 15 is 0 Å². The lowest BCUT2D eigenvalue weighted by Crippen LogP contribution is -2.25. The third-order valence-electron chi connectivity index (χ3n) is 4.30. The fraction of sp³-hybridized carbons (Fsp3) is 0.389. The molecule has 0 unspecified atom stereocenters. The summed E-state index contributed by atoms with van der Waals surface area (Å²) in [5, 5.41) is 7.33. The molecule has 8 nitrogen and oxygen atoms in total. The van der Waals surface area contributed by atoms with Crippen LogP contribution in [0.5, 0.6) is 11.5 Å². The average Bonchev–Trinajstić information content (AvgIpc) is 3.02. The highest BCUT2D eigenvalue weighted by Crippen LogP contribution is 2.40. The molecular formula is C18H22N4O4. The lowest BCUT2D eigenvalue weighted by atomic mass is 9.87. The van der Waals surface area contributed by atoms with Crippen molar-refractivity contribution in [3.8, 4) is 11.5 Å². The van der Waals surface area contributed by atoms with Crippen molar-refractivity contribution in [3.05, 3.63) is 35.5 Å². The van der Waals surface area contributed by atoms with Crippen LogP contribution in [0.3, 0.4) is 0 Å². The number of amides is 2. The van der Waals surface area contributed by atoms with E-state index in [0.29, 0.717) is 17.9 Å². The summed E-state index contributed by atoms with van der Waals surface area (Å²) in [5.41, 5.74) is 6.99. The van der Waals surface area contributed by atoms with Gasteiger partial charge >= 0.3 is 0 Å². The van der Waals surface area contributed by atoms with E-state index in [1.165, 1.54) is 7.11 Å². The zero-order valence-corrected chi connectivity index (χ0v) is 15.0. The van der Waals surface area contributed by atoms with Crippen molar-refractivity contribution >= 4 is 17.6 Å². The molecule has 3 N–H and O–H groups in total. The standard InChI is InChI=1S/C18H22N4O4/c1-10(2)22-18-13(8-20-22)12(7-17(24)21-18)11-4-5-14(15(6-11)25-3)26-9-16(19)23/h4-6,8,10,12H,7,9H2,1-3H3,(H2,19,23)(H,21,24)/t12-/m0/s1. The minimum Gasteiger partial charge on any atom is -0.493 e. The molecule has 0 radical (unpaired) electrons. The van der Waals surface area contributed by atoms with Gasteiger partial charge in [0.1, 0.15) is 5.82 Å². The zero-order chi connectivity index (χ0) is 18.8. The fourth-order valence-corrected chi connectivity index (χ4v) is 3.10. The lowest BCUT2D eigenvalue weighted by molar-refractivity contribution is -0.120. The highest BCUT2D eigenvalue weighted by atomic mass is 16.5. The summed E-state index contributed by atoms with van der Waals surface area (Å²) >= 11 is 0. The summed E-state index contributed by atoms with van der Waals surface area (Å²) in [4.78, 5) is 23.1. The number of nitrogens with zero attached hydrogens (tertiary/aromatic N) is 2. The minimum absolute atomic E-state index is 0.0575. The van der Waals surface area contributed by atoms with Crippen molar-refractivity contribution in [3.63, 3.8) is 0 Å². The first-order valence-electron chi connectivity index (χ1n) is 8.37. The predicted molar refractivity (Wildman–Crippen MR) is 95.4 cm³/mol. The summed E-state index contributed by atoms with van der Waals surface area (Å²) in [5.74, 6) is 0.879. The number of aromatic nitrogens is 2. The number of nitrogens with one attached hydrogen (secondary N) is 1. The normalized spacial score (nSPS) is 16.2. The van der Waals surface area contributed by atoms with E-state index in [4.69, 9.17) is 15.2 Å². The number of methoxy groups -OCH3 is 1. The number of carbonyl (C=O) groups is 2. The molecule has 0 saturated heterocycles. The topological polar surface area (TPSA) is 108 Å². The van der Waals surface area contributed by atoms with Crippen LogP contribution in [0.25, 0.3) is 0 Å². The number of hydrogen-bond donors (Lipinski definition) is 2. The van der Waals surface area contributed by atoms with E-state index in [9.17, 15) is 9.59 Å². The number of ether oxygens (including phenoxy) is 2. The molecule has 2 amide bonds. The maximum atomic E-state index is 12.2. The van der Waals surface area contributed by atoms with Gasteiger partial charge in [0.05, 0.1) is 13.3 Å². The van der Waals surface area contributed by atoms with Crippen molar-refractivity contribution in [2.75, 3.05) is 19.0 Å². The second kappa shape index (κ2) is 7.07. The molecule has 1 aromatic heterocycles. The SMILES string of the molecule is COc1cc([C@@H]2CC(=O)Nc3c2cnn3C(C)C)ccc1OCC(N)=O. The molecule has 0 saturated carbocycles. The summed E-state index contributed by atoms with van der Waals surface area (Å²) in [6, 6.07) is 5.53. The summed E-state index contributed by atoms with van der Waals surface area (Å²) < 4.78 is 12.5. The second-order valence-corrected chi connectivity index (χ2v) is 6.46. The Kier molecular flexibility index (Phi) is 4.83. The molecule has 138 valence electrons. The van der Waals surface area contributed by atoms with Gasteiger partial charge in [-0.05, 0) is 31.5 Å². The summed E-state index contributed by atoms with van der Waals surface area (Å²) in [6.07, 6.45) is 2.12. The van der Waals surface area contributed by atoms with Gasteiger partial charge in [-0.3, -0.25) is 9.59 Å². The quantitative estimate of drug-likeness (QED) is 0.819. The van der Waals surface area contributed by atoms with Gasteiger partial charge in [-0.25, -0.2) is 4.68 Å². The van der Waals surface area contributed by atoms with Crippen molar-refractivity contribution in [2.45, 2.75) is 32.2 Å². The molecule has 0 spiro atoms. The van der Waals surface area contributed by atoms with Gasteiger partial charge in [-0.1, -0.05) is 6.07 Å². The molecule has 8 heteroatoms. The van der Waals surface area contributed by atoms with Gasteiger partial charge < -0.3 is 20.5 Å². The molecule has 3 rings (SSSR count). The number of primary amides is 1. The molecule has 1 atom stereocenters. The second-order valence-electron chi connectivity index (χ2n) is 6.46. The van der Waals surface area contributed by atoms with Crippen molar-refractivity contribution in [1.29, 1.82) is 0 Å². The highest BCUT2D eigenvalue weighted by molar-refractivity contribution is 5.94. The maximum Gasteiger partial charge on any atom is 0.255 e. The van der Waals surface area contributed by atoms with Crippen molar-refractivity contribution in [2.24, 2.45) is 5.73 Å². The van der Waals surface area contributed by atoms with Gasteiger partial charge in [0.25, 0.3) is 5.91 Å². The smallest absolute Gasteiger partial charge is 0.255 e. The monoisotopic (exact) mass is 358 g/mol. The van der Waals surface area contributed by atoms with Crippen LogP contribution in [0.1, 0.15) is 43.4 Å². The maximum absolute atomic E-state index is 12.2. The Hall–Kier alpha value is -3.03. The largest absolute Gasteiger partial charge is 0.493 e. The number of carbonyl (C=O) groups excluding carboxylic acids is 2. The van der Waals surface area contributed by atoms with Gasteiger partial charge in [-0.15, -0.1) is 0 Å².